The Morgan fingerprint density at radius 2 is 1.82 bits per heavy atom. The van der Waals surface area contributed by atoms with Gasteiger partial charge in [0.1, 0.15) is 18.1 Å². The molecule has 0 saturated carbocycles. The quantitative estimate of drug-likeness (QED) is 0.586. The average molecular weight is 239 g/mol. The maximum Gasteiger partial charge on any atom is 0.125 e. The van der Waals surface area contributed by atoms with Crippen LogP contribution in [0.1, 0.15) is 13.8 Å². The van der Waals surface area contributed by atoms with Crippen LogP contribution in [0.25, 0.3) is 0 Å². The third-order valence-corrected chi connectivity index (χ3v) is 2.09. The van der Waals surface area contributed by atoms with E-state index in [1.807, 2.05) is 0 Å². The molecule has 0 bridgehead atoms. The van der Waals surface area contributed by atoms with Crippen molar-refractivity contribution < 1.29 is 14.2 Å². The first kappa shape index (κ1) is 13.6. The average Bonchev–Trinajstić information content (AvgIpc) is 2.27. The van der Waals surface area contributed by atoms with Gasteiger partial charge in [-0.3, -0.25) is 0 Å². The molecule has 0 radical (unpaired) electrons. The van der Waals surface area contributed by atoms with Gasteiger partial charge in [0.25, 0.3) is 0 Å². The SMILES string of the molecule is COc1cc(N)cc(OCCOCC(C)C)c1. The highest BCUT2D eigenvalue weighted by Gasteiger charge is 2.00. The van der Waals surface area contributed by atoms with Gasteiger partial charge in [0, 0.05) is 30.5 Å². The fraction of sp³-hybridized carbons (Fsp3) is 0.538. The summed E-state index contributed by atoms with van der Waals surface area (Å²) >= 11 is 0. The summed E-state index contributed by atoms with van der Waals surface area (Å²) in [6.07, 6.45) is 0. The molecular formula is C13H21NO3. The van der Waals surface area contributed by atoms with Crippen LogP contribution in [0, 0.1) is 5.92 Å². The highest BCUT2D eigenvalue weighted by Crippen LogP contribution is 2.23. The highest BCUT2D eigenvalue weighted by molar-refractivity contribution is 5.50. The number of hydrogen-bond acceptors (Lipinski definition) is 4. The Morgan fingerprint density at radius 3 is 2.47 bits per heavy atom. The molecule has 0 aliphatic heterocycles. The molecule has 4 heteroatoms. The fourth-order valence-electron chi connectivity index (χ4n) is 1.33. The van der Waals surface area contributed by atoms with E-state index in [4.69, 9.17) is 19.9 Å². The minimum absolute atomic E-state index is 0.513. The van der Waals surface area contributed by atoms with E-state index in [1.165, 1.54) is 0 Å². The molecule has 96 valence electrons. The van der Waals surface area contributed by atoms with E-state index in [0.717, 1.165) is 6.61 Å². The van der Waals surface area contributed by atoms with E-state index in [1.54, 1.807) is 25.3 Å². The summed E-state index contributed by atoms with van der Waals surface area (Å²) in [5.74, 6) is 1.94. The van der Waals surface area contributed by atoms with Gasteiger partial charge < -0.3 is 19.9 Å². The van der Waals surface area contributed by atoms with Gasteiger partial charge in [0.05, 0.1) is 13.7 Å². The third-order valence-electron chi connectivity index (χ3n) is 2.09. The molecule has 4 nitrogen and oxygen atoms in total. The molecule has 0 heterocycles. The molecule has 0 spiro atoms. The predicted molar refractivity (Wildman–Crippen MR) is 68.6 cm³/mol. The predicted octanol–water partition coefficient (Wildman–Crippen LogP) is 2.33. The highest BCUT2D eigenvalue weighted by atomic mass is 16.5. The van der Waals surface area contributed by atoms with Crippen molar-refractivity contribution in [3.63, 3.8) is 0 Å². The van der Waals surface area contributed by atoms with E-state index in [0.29, 0.717) is 36.3 Å². The third kappa shape index (κ3) is 5.45. The number of rotatable bonds is 7. The van der Waals surface area contributed by atoms with Crippen LogP contribution in [0.5, 0.6) is 11.5 Å². The van der Waals surface area contributed by atoms with E-state index in [9.17, 15) is 0 Å². The molecular weight excluding hydrogens is 218 g/mol. The van der Waals surface area contributed by atoms with Crippen LogP contribution in [0.2, 0.25) is 0 Å². The lowest BCUT2D eigenvalue weighted by Crippen LogP contribution is -2.10. The van der Waals surface area contributed by atoms with E-state index >= 15 is 0 Å². The zero-order valence-corrected chi connectivity index (χ0v) is 10.7. The Hall–Kier alpha value is -1.42. The largest absolute Gasteiger partial charge is 0.497 e. The van der Waals surface area contributed by atoms with Crippen LogP contribution < -0.4 is 15.2 Å². The van der Waals surface area contributed by atoms with Crippen LogP contribution in [-0.4, -0.2) is 26.9 Å². The van der Waals surface area contributed by atoms with E-state index < -0.39 is 0 Å². The lowest BCUT2D eigenvalue weighted by atomic mass is 10.2. The number of anilines is 1. The molecule has 1 aromatic carbocycles. The van der Waals surface area contributed by atoms with Crippen LogP contribution in [0.4, 0.5) is 5.69 Å². The minimum atomic E-state index is 0.513. The topological polar surface area (TPSA) is 53.7 Å². The summed E-state index contributed by atoms with van der Waals surface area (Å²) in [4.78, 5) is 0. The van der Waals surface area contributed by atoms with Crippen molar-refractivity contribution in [3.8, 4) is 11.5 Å². The van der Waals surface area contributed by atoms with Crippen molar-refractivity contribution in [1.29, 1.82) is 0 Å². The van der Waals surface area contributed by atoms with Gasteiger partial charge in [0.2, 0.25) is 0 Å². The molecule has 1 aromatic rings. The van der Waals surface area contributed by atoms with Gasteiger partial charge in [-0.2, -0.15) is 0 Å². The summed E-state index contributed by atoms with van der Waals surface area (Å²) < 4.78 is 16.0. The molecule has 0 atom stereocenters. The standard InChI is InChI=1S/C13H21NO3/c1-10(2)9-16-4-5-17-13-7-11(14)6-12(8-13)15-3/h6-8,10H,4-5,9,14H2,1-3H3. The minimum Gasteiger partial charge on any atom is -0.497 e. The normalized spacial score (nSPS) is 10.6. The van der Waals surface area contributed by atoms with Crippen LogP contribution in [0.15, 0.2) is 18.2 Å². The Labute approximate surface area is 103 Å². The number of methoxy groups -OCH3 is 1. The molecule has 17 heavy (non-hydrogen) atoms. The second-order valence-corrected chi connectivity index (χ2v) is 4.26. The molecule has 0 fully saturated rings. The molecule has 0 aromatic heterocycles. The maximum absolute atomic E-state index is 5.71. The van der Waals surface area contributed by atoms with Gasteiger partial charge in [-0.05, 0) is 5.92 Å². The molecule has 0 unspecified atom stereocenters. The van der Waals surface area contributed by atoms with Gasteiger partial charge >= 0.3 is 0 Å². The van der Waals surface area contributed by atoms with Crippen molar-refractivity contribution in [2.75, 3.05) is 32.7 Å². The second kappa shape index (κ2) is 7.01. The maximum atomic E-state index is 5.71. The van der Waals surface area contributed by atoms with Crippen molar-refractivity contribution in [2.45, 2.75) is 13.8 Å². The first-order valence-electron chi connectivity index (χ1n) is 5.77. The summed E-state index contributed by atoms with van der Waals surface area (Å²) in [5, 5.41) is 0. The van der Waals surface area contributed by atoms with Gasteiger partial charge in [-0.25, -0.2) is 0 Å². The fourth-order valence-corrected chi connectivity index (χ4v) is 1.33. The molecule has 0 aliphatic rings. The smallest absolute Gasteiger partial charge is 0.125 e. The Bertz CT molecular complexity index is 339. The van der Waals surface area contributed by atoms with E-state index in [2.05, 4.69) is 13.8 Å². The number of nitrogens with two attached hydrogens (primary N) is 1. The van der Waals surface area contributed by atoms with Gasteiger partial charge in [0.15, 0.2) is 0 Å². The summed E-state index contributed by atoms with van der Waals surface area (Å²) in [7, 11) is 1.60. The van der Waals surface area contributed by atoms with Crippen molar-refractivity contribution in [2.24, 2.45) is 5.92 Å². The van der Waals surface area contributed by atoms with Crippen molar-refractivity contribution >= 4 is 5.69 Å². The summed E-state index contributed by atoms with van der Waals surface area (Å²) in [5.41, 5.74) is 6.34. The zero-order chi connectivity index (χ0) is 12.7. The van der Waals surface area contributed by atoms with Crippen LogP contribution in [0.3, 0.4) is 0 Å². The summed E-state index contributed by atoms with van der Waals surface area (Å²) in [6, 6.07) is 5.33. The zero-order valence-electron chi connectivity index (χ0n) is 10.7. The number of nitrogen functional groups attached to an aromatic ring is 1. The first-order valence-corrected chi connectivity index (χ1v) is 5.77. The molecule has 0 aliphatic carbocycles. The number of hydrogen-bond donors (Lipinski definition) is 1. The van der Waals surface area contributed by atoms with Crippen molar-refractivity contribution in [1.82, 2.24) is 0 Å². The van der Waals surface area contributed by atoms with Crippen molar-refractivity contribution in [3.05, 3.63) is 18.2 Å². The molecule has 1 rings (SSSR count). The van der Waals surface area contributed by atoms with Crippen LogP contribution in [-0.2, 0) is 4.74 Å². The molecule has 0 amide bonds. The second-order valence-electron chi connectivity index (χ2n) is 4.26. The Morgan fingerprint density at radius 1 is 1.12 bits per heavy atom. The monoisotopic (exact) mass is 239 g/mol. The van der Waals surface area contributed by atoms with Gasteiger partial charge in [-0.1, -0.05) is 13.8 Å². The Kier molecular flexibility index (Phi) is 5.63. The number of ether oxygens (including phenoxy) is 3. The Balaban J connectivity index is 2.33. The first-order chi connectivity index (χ1) is 8.11. The molecule has 2 N–H and O–H groups in total. The summed E-state index contributed by atoms with van der Waals surface area (Å²) in [6.45, 7) is 6.07. The van der Waals surface area contributed by atoms with Gasteiger partial charge in [-0.15, -0.1) is 0 Å². The number of benzene rings is 1. The van der Waals surface area contributed by atoms with E-state index in [-0.39, 0.29) is 0 Å². The lowest BCUT2D eigenvalue weighted by molar-refractivity contribution is 0.0818. The molecule has 0 saturated heterocycles. The van der Waals surface area contributed by atoms with Crippen LogP contribution >= 0.6 is 0 Å². The lowest BCUT2D eigenvalue weighted by Gasteiger charge is -2.10.